The van der Waals surface area contributed by atoms with Crippen LogP contribution < -0.4 is 4.74 Å². The Hall–Kier alpha value is -3.08. The molecule has 1 heterocycles. The predicted octanol–water partition coefficient (Wildman–Crippen LogP) is 3.92. The molecule has 2 aromatic carbocycles. The van der Waals surface area contributed by atoms with Gasteiger partial charge in [0.1, 0.15) is 5.75 Å². The minimum Gasteiger partial charge on any atom is -0.497 e. The molecule has 28 heavy (non-hydrogen) atoms. The lowest BCUT2D eigenvalue weighted by atomic mass is 9.88. The van der Waals surface area contributed by atoms with Crippen molar-refractivity contribution in [2.75, 3.05) is 14.2 Å². The lowest BCUT2D eigenvalue weighted by Gasteiger charge is -2.22. The van der Waals surface area contributed by atoms with Crippen LogP contribution in [0.25, 0.3) is 0 Å². The summed E-state index contributed by atoms with van der Waals surface area (Å²) in [6.07, 6.45) is 2.38. The Balaban J connectivity index is 1.80. The van der Waals surface area contributed by atoms with E-state index in [-0.39, 0.29) is 11.8 Å². The van der Waals surface area contributed by atoms with E-state index in [4.69, 9.17) is 4.74 Å². The molecule has 1 unspecified atom stereocenters. The minimum absolute atomic E-state index is 0.00273. The number of aromatic nitrogens is 2. The van der Waals surface area contributed by atoms with Crippen LogP contribution in [0.15, 0.2) is 60.8 Å². The van der Waals surface area contributed by atoms with Gasteiger partial charge in [0.25, 0.3) is 0 Å². The lowest BCUT2D eigenvalue weighted by Crippen LogP contribution is -2.28. The fourth-order valence-corrected chi connectivity index (χ4v) is 3.43. The molecule has 3 aromatic rings. The molecule has 0 N–H and O–H groups in total. The number of carbonyl (C=O) groups excluding carboxylic acids is 1. The summed E-state index contributed by atoms with van der Waals surface area (Å²) in [5, 5.41) is 4.36. The van der Waals surface area contributed by atoms with Gasteiger partial charge >= 0.3 is 0 Å². The van der Waals surface area contributed by atoms with Gasteiger partial charge in [0.2, 0.25) is 5.91 Å². The van der Waals surface area contributed by atoms with Gasteiger partial charge < -0.3 is 9.64 Å². The number of hydrogen-bond donors (Lipinski definition) is 0. The van der Waals surface area contributed by atoms with Crippen molar-refractivity contribution in [1.29, 1.82) is 0 Å². The second-order valence-corrected chi connectivity index (χ2v) is 7.10. The number of amides is 1. The van der Waals surface area contributed by atoms with Gasteiger partial charge in [-0.2, -0.15) is 5.10 Å². The first-order valence-corrected chi connectivity index (χ1v) is 9.40. The van der Waals surface area contributed by atoms with E-state index in [1.165, 1.54) is 0 Å². The van der Waals surface area contributed by atoms with Gasteiger partial charge in [0, 0.05) is 44.7 Å². The third-order valence-corrected chi connectivity index (χ3v) is 5.05. The second-order valence-electron chi connectivity index (χ2n) is 7.10. The Morgan fingerprint density at radius 2 is 1.75 bits per heavy atom. The van der Waals surface area contributed by atoms with Crippen LogP contribution in [0.5, 0.6) is 5.75 Å². The van der Waals surface area contributed by atoms with E-state index in [9.17, 15) is 4.79 Å². The van der Waals surface area contributed by atoms with Crippen molar-refractivity contribution in [3.05, 3.63) is 83.2 Å². The highest BCUT2D eigenvalue weighted by Crippen LogP contribution is 2.30. The number of rotatable bonds is 7. The van der Waals surface area contributed by atoms with Crippen LogP contribution in [0.3, 0.4) is 0 Å². The zero-order valence-electron chi connectivity index (χ0n) is 16.9. The predicted molar refractivity (Wildman–Crippen MR) is 110 cm³/mol. The highest BCUT2D eigenvalue weighted by Gasteiger charge is 2.21. The van der Waals surface area contributed by atoms with Crippen LogP contribution in [0.4, 0.5) is 0 Å². The number of ether oxygens (including phenoxy) is 1. The third-order valence-electron chi connectivity index (χ3n) is 5.05. The molecule has 0 spiro atoms. The molecule has 0 aliphatic heterocycles. The highest BCUT2D eigenvalue weighted by molar-refractivity contribution is 5.77. The zero-order chi connectivity index (χ0) is 20.1. The molecule has 0 saturated heterocycles. The molecular formula is C23H27N3O2. The van der Waals surface area contributed by atoms with Crippen molar-refractivity contribution in [2.24, 2.45) is 7.05 Å². The quantitative estimate of drug-likeness (QED) is 0.627. The zero-order valence-corrected chi connectivity index (χ0v) is 16.9. The molecule has 0 aliphatic carbocycles. The Bertz CT molecular complexity index is 917. The summed E-state index contributed by atoms with van der Waals surface area (Å²) < 4.78 is 7.06. The smallest absolute Gasteiger partial charge is 0.223 e. The molecule has 0 aliphatic rings. The summed E-state index contributed by atoms with van der Waals surface area (Å²) in [6.45, 7) is 2.53. The van der Waals surface area contributed by atoms with Crippen molar-refractivity contribution < 1.29 is 9.53 Å². The second kappa shape index (κ2) is 8.74. The standard InChI is InChI=1S/C23H27N3O2/c1-17-20(16-26(3)24-17)15-25(2)23(27)14-22(18-8-6-5-7-9-18)19-10-12-21(28-4)13-11-19/h5-13,16,22H,14-15H2,1-4H3. The molecule has 0 saturated carbocycles. The maximum atomic E-state index is 13.0. The summed E-state index contributed by atoms with van der Waals surface area (Å²) >= 11 is 0. The molecule has 3 rings (SSSR count). The Kier molecular flexibility index (Phi) is 6.14. The highest BCUT2D eigenvalue weighted by atomic mass is 16.5. The molecular weight excluding hydrogens is 350 g/mol. The van der Waals surface area contributed by atoms with Gasteiger partial charge in [0.15, 0.2) is 0 Å². The van der Waals surface area contributed by atoms with Gasteiger partial charge in [-0.05, 0) is 30.2 Å². The van der Waals surface area contributed by atoms with E-state index >= 15 is 0 Å². The van der Waals surface area contributed by atoms with Crippen LogP contribution >= 0.6 is 0 Å². The number of aryl methyl sites for hydroxylation is 2. The molecule has 1 aromatic heterocycles. The van der Waals surface area contributed by atoms with Crippen molar-refractivity contribution in [1.82, 2.24) is 14.7 Å². The number of methoxy groups -OCH3 is 1. The number of hydrogen-bond acceptors (Lipinski definition) is 3. The van der Waals surface area contributed by atoms with E-state index in [1.54, 1.807) is 16.7 Å². The molecule has 0 fully saturated rings. The molecule has 0 bridgehead atoms. The fourth-order valence-electron chi connectivity index (χ4n) is 3.43. The summed E-state index contributed by atoms with van der Waals surface area (Å²) in [4.78, 5) is 14.8. The van der Waals surface area contributed by atoms with Crippen LogP contribution in [-0.4, -0.2) is 34.7 Å². The van der Waals surface area contributed by atoms with Crippen LogP contribution in [0, 0.1) is 6.92 Å². The topological polar surface area (TPSA) is 47.4 Å². The van der Waals surface area contributed by atoms with E-state index in [1.807, 2.05) is 69.7 Å². The van der Waals surface area contributed by atoms with E-state index in [2.05, 4.69) is 17.2 Å². The van der Waals surface area contributed by atoms with E-state index in [0.717, 1.165) is 28.1 Å². The van der Waals surface area contributed by atoms with Gasteiger partial charge in [0.05, 0.1) is 12.8 Å². The summed E-state index contributed by atoms with van der Waals surface area (Å²) in [7, 11) is 5.40. The Labute approximate surface area is 166 Å². The van der Waals surface area contributed by atoms with Crippen LogP contribution in [0.1, 0.15) is 34.7 Å². The van der Waals surface area contributed by atoms with Crippen molar-refractivity contribution in [3.8, 4) is 5.75 Å². The molecule has 5 heteroatoms. The summed E-state index contributed by atoms with van der Waals surface area (Å²) in [6, 6.07) is 18.1. The first-order chi connectivity index (χ1) is 13.5. The first-order valence-electron chi connectivity index (χ1n) is 9.40. The molecule has 5 nitrogen and oxygen atoms in total. The number of carbonyl (C=O) groups is 1. The Morgan fingerprint density at radius 1 is 1.11 bits per heavy atom. The molecule has 1 amide bonds. The van der Waals surface area contributed by atoms with Crippen molar-refractivity contribution in [2.45, 2.75) is 25.8 Å². The monoisotopic (exact) mass is 377 g/mol. The normalized spacial score (nSPS) is 11.9. The van der Waals surface area contributed by atoms with Gasteiger partial charge in [-0.1, -0.05) is 42.5 Å². The van der Waals surface area contributed by atoms with E-state index in [0.29, 0.717) is 13.0 Å². The molecule has 1 atom stereocenters. The third kappa shape index (κ3) is 4.60. The minimum atomic E-state index is -0.00273. The van der Waals surface area contributed by atoms with Gasteiger partial charge in [-0.3, -0.25) is 9.48 Å². The summed E-state index contributed by atoms with van der Waals surface area (Å²) in [5.74, 6) is 0.913. The van der Waals surface area contributed by atoms with Crippen molar-refractivity contribution >= 4 is 5.91 Å². The fraction of sp³-hybridized carbons (Fsp3) is 0.304. The van der Waals surface area contributed by atoms with E-state index < -0.39 is 0 Å². The average molecular weight is 377 g/mol. The Morgan fingerprint density at radius 3 is 2.32 bits per heavy atom. The van der Waals surface area contributed by atoms with Gasteiger partial charge in [-0.25, -0.2) is 0 Å². The molecule has 0 radical (unpaired) electrons. The first kappa shape index (κ1) is 19.7. The maximum Gasteiger partial charge on any atom is 0.223 e. The number of benzene rings is 2. The SMILES string of the molecule is COc1ccc(C(CC(=O)N(C)Cc2cn(C)nc2C)c2ccccc2)cc1. The molecule has 146 valence electrons. The van der Waals surface area contributed by atoms with Crippen LogP contribution in [-0.2, 0) is 18.4 Å². The maximum absolute atomic E-state index is 13.0. The lowest BCUT2D eigenvalue weighted by molar-refractivity contribution is -0.130. The van der Waals surface area contributed by atoms with Crippen LogP contribution in [0.2, 0.25) is 0 Å². The largest absolute Gasteiger partial charge is 0.497 e. The summed E-state index contributed by atoms with van der Waals surface area (Å²) in [5.41, 5.74) is 4.26. The van der Waals surface area contributed by atoms with Crippen molar-refractivity contribution in [3.63, 3.8) is 0 Å². The average Bonchev–Trinajstić information content (AvgIpc) is 3.03. The van der Waals surface area contributed by atoms with Gasteiger partial charge in [-0.15, -0.1) is 0 Å². The number of nitrogens with zero attached hydrogens (tertiary/aromatic N) is 3.